The molecule has 0 aliphatic heterocycles. The van der Waals surface area contributed by atoms with Crippen molar-refractivity contribution in [3.63, 3.8) is 0 Å². The molecule has 0 bridgehead atoms. The van der Waals surface area contributed by atoms with Crippen LogP contribution in [-0.4, -0.2) is 17.0 Å². The Morgan fingerprint density at radius 2 is 2.00 bits per heavy atom. The quantitative estimate of drug-likeness (QED) is 0.908. The van der Waals surface area contributed by atoms with E-state index in [4.69, 9.17) is 16.7 Å². The normalized spacial score (nSPS) is 10.2. The van der Waals surface area contributed by atoms with E-state index in [0.29, 0.717) is 15.6 Å². The first-order chi connectivity index (χ1) is 8.95. The van der Waals surface area contributed by atoms with Crippen molar-refractivity contribution in [1.29, 1.82) is 0 Å². The fourth-order valence-corrected chi connectivity index (χ4v) is 2.60. The number of halogens is 1. The lowest BCUT2D eigenvalue weighted by atomic mass is 10.1. The molecule has 1 amide bonds. The van der Waals surface area contributed by atoms with Crippen LogP contribution in [0.2, 0.25) is 5.02 Å². The van der Waals surface area contributed by atoms with Crippen LogP contribution in [0.4, 0.5) is 5.00 Å². The zero-order valence-corrected chi connectivity index (χ0v) is 11.5. The number of hydrogen-bond acceptors (Lipinski definition) is 3. The molecular weight excluding hydrogens is 286 g/mol. The highest BCUT2D eigenvalue weighted by Gasteiger charge is 2.11. The van der Waals surface area contributed by atoms with E-state index in [-0.39, 0.29) is 10.8 Å². The Labute approximate surface area is 118 Å². The third-order valence-electron chi connectivity index (χ3n) is 2.36. The molecule has 2 aromatic rings. The smallest absolute Gasteiger partial charge is 0.345 e. The van der Waals surface area contributed by atoms with Crippen molar-refractivity contribution in [2.45, 2.75) is 6.92 Å². The highest BCUT2D eigenvalue weighted by Crippen LogP contribution is 2.23. The number of aromatic carboxylic acids is 1. The predicted molar refractivity (Wildman–Crippen MR) is 75.4 cm³/mol. The summed E-state index contributed by atoms with van der Waals surface area (Å²) in [5.41, 5.74) is 1.32. The first kappa shape index (κ1) is 13.6. The van der Waals surface area contributed by atoms with Crippen LogP contribution in [0.25, 0.3) is 0 Å². The van der Waals surface area contributed by atoms with Gasteiger partial charge in [-0.15, -0.1) is 11.3 Å². The number of amides is 1. The molecule has 0 spiro atoms. The van der Waals surface area contributed by atoms with Gasteiger partial charge in [-0.05, 0) is 42.8 Å². The topological polar surface area (TPSA) is 66.4 Å². The molecule has 0 aliphatic rings. The van der Waals surface area contributed by atoms with Crippen LogP contribution >= 0.6 is 22.9 Å². The Hall–Kier alpha value is -1.85. The molecule has 0 saturated carbocycles. The fourth-order valence-electron chi connectivity index (χ4n) is 1.57. The van der Waals surface area contributed by atoms with Crippen LogP contribution in [0.5, 0.6) is 0 Å². The number of carbonyl (C=O) groups is 2. The van der Waals surface area contributed by atoms with Gasteiger partial charge in [0.15, 0.2) is 0 Å². The van der Waals surface area contributed by atoms with Crippen molar-refractivity contribution in [3.8, 4) is 0 Å². The second kappa shape index (κ2) is 5.42. The molecule has 0 aliphatic carbocycles. The highest BCUT2D eigenvalue weighted by molar-refractivity contribution is 7.18. The minimum absolute atomic E-state index is 0.178. The van der Waals surface area contributed by atoms with E-state index in [1.807, 2.05) is 6.92 Å². The number of carboxylic acids is 1. The van der Waals surface area contributed by atoms with Crippen molar-refractivity contribution in [2.24, 2.45) is 0 Å². The van der Waals surface area contributed by atoms with Gasteiger partial charge in [0.05, 0.1) is 5.00 Å². The maximum absolute atomic E-state index is 12.0. The van der Waals surface area contributed by atoms with Gasteiger partial charge in [0, 0.05) is 10.6 Å². The van der Waals surface area contributed by atoms with Crippen molar-refractivity contribution in [1.82, 2.24) is 0 Å². The number of hydrogen-bond donors (Lipinski definition) is 2. The monoisotopic (exact) mass is 295 g/mol. The molecule has 0 radical (unpaired) electrons. The zero-order chi connectivity index (χ0) is 14.0. The van der Waals surface area contributed by atoms with E-state index in [1.165, 1.54) is 6.07 Å². The largest absolute Gasteiger partial charge is 0.477 e. The number of thiophene rings is 1. The Morgan fingerprint density at radius 3 is 2.58 bits per heavy atom. The zero-order valence-electron chi connectivity index (χ0n) is 9.94. The summed E-state index contributed by atoms with van der Waals surface area (Å²) >= 11 is 6.90. The summed E-state index contributed by atoms with van der Waals surface area (Å²) in [7, 11) is 0. The molecule has 2 N–H and O–H groups in total. The molecule has 19 heavy (non-hydrogen) atoms. The van der Waals surface area contributed by atoms with Crippen LogP contribution in [0, 0.1) is 6.92 Å². The molecule has 1 aromatic heterocycles. The van der Waals surface area contributed by atoms with Gasteiger partial charge in [0.2, 0.25) is 0 Å². The number of carboxylic acid groups (broad SMARTS) is 1. The van der Waals surface area contributed by atoms with E-state index >= 15 is 0 Å². The van der Waals surface area contributed by atoms with Crippen molar-refractivity contribution in [2.75, 3.05) is 5.32 Å². The van der Waals surface area contributed by atoms with E-state index < -0.39 is 5.97 Å². The Bertz CT molecular complexity index is 631. The van der Waals surface area contributed by atoms with Crippen LogP contribution in [0.15, 0.2) is 30.3 Å². The SMILES string of the molecule is Cc1cc(Cl)cc(C(=O)Nc2ccc(C(=O)O)s2)c1. The van der Waals surface area contributed by atoms with Gasteiger partial charge in [-0.2, -0.15) is 0 Å². The summed E-state index contributed by atoms with van der Waals surface area (Å²) in [5, 5.41) is 12.4. The number of carbonyl (C=O) groups excluding carboxylic acids is 1. The number of aryl methyl sites for hydroxylation is 1. The summed E-state index contributed by atoms with van der Waals surface area (Å²) < 4.78 is 0. The standard InChI is InChI=1S/C13H10ClNO3S/c1-7-4-8(6-9(14)5-7)12(16)15-11-3-2-10(19-11)13(17)18/h2-6H,1H3,(H,15,16)(H,17,18). The molecule has 1 heterocycles. The maximum atomic E-state index is 12.0. The minimum atomic E-state index is -1.01. The Morgan fingerprint density at radius 1 is 1.26 bits per heavy atom. The van der Waals surface area contributed by atoms with Gasteiger partial charge in [-0.1, -0.05) is 11.6 Å². The summed E-state index contributed by atoms with van der Waals surface area (Å²) in [6.45, 7) is 1.84. The van der Waals surface area contributed by atoms with Crippen LogP contribution in [0.3, 0.4) is 0 Å². The predicted octanol–water partition coefficient (Wildman–Crippen LogP) is 3.66. The molecule has 1 aromatic carbocycles. The molecule has 0 fully saturated rings. The second-order valence-electron chi connectivity index (χ2n) is 3.94. The number of nitrogens with one attached hydrogen (secondary N) is 1. The van der Waals surface area contributed by atoms with Gasteiger partial charge in [-0.25, -0.2) is 4.79 Å². The third kappa shape index (κ3) is 3.33. The molecule has 98 valence electrons. The van der Waals surface area contributed by atoms with Crippen molar-refractivity contribution < 1.29 is 14.7 Å². The second-order valence-corrected chi connectivity index (χ2v) is 5.46. The summed E-state index contributed by atoms with van der Waals surface area (Å²) in [6, 6.07) is 8.05. The lowest BCUT2D eigenvalue weighted by Crippen LogP contribution is -2.11. The molecule has 4 nitrogen and oxygen atoms in total. The van der Waals surface area contributed by atoms with Crippen molar-refractivity contribution >= 4 is 39.8 Å². The highest BCUT2D eigenvalue weighted by atomic mass is 35.5. The van der Waals surface area contributed by atoms with Crippen LogP contribution in [0.1, 0.15) is 25.6 Å². The van der Waals surface area contributed by atoms with E-state index in [1.54, 1.807) is 24.3 Å². The molecular formula is C13H10ClNO3S. The first-order valence-electron chi connectivity index (χ1n) is 5.37. The number of rotatable bonds is 3. The van der Waals surface area contributed by atoms with Crippen LogP contribution in [-0.2, 0) is 0 Å². The van der Waals surface area contributed by atoms with Crippen molar-refractivity contribution in [3.05, 3.63) is 51.4 Å². The molecule has 0 atom stereocenters. The van der Waals surface area contributed by atoms with Gasteiger partial charge >= 0.3 is 5.97 Å². The van der Waals surface area contributed by atoms with Gasteiger partial charge in [0.25, 0.3) is 5.91 Å². The lowest BCUT2D eigenvalue weighted by molar-refractivity contribution is 0.0702. The van der Waals surface area contributed by atoms with Gasteiger partial charge in [-0.3, -0.25) is 4.79 Å². The average molecular weight is 296 g/mol. The average Bonchev–Trinajstić information content (AvgIpc) is 2.76. The molecule has 6 heteroatoms. The molecule has 0 unspecified atom stereocenters. The maximum Gasteiger partial charge on any atom is 0.345 e. The Balaban J connectivity index is 2.18. The number of anilines is 1. The Kier molecular flexibility index (Phi) is 3.87. The summed E-state index contributed by atoms with van der Waals surface area (Å²) in [5.74, 6) is -1.33. The lowest BCUT2D eigenvalue weighted by Gasteiger charge is -2.04. The first-order valence-corrected chi connectivity index (χ1v) is 6.57. The molecule has 2 rings (SSSR count). The summed E-state index contributed by atoms with van der Waals surface area (Å²) in [4.78, 5) is 22.9. The number of benzene rings is 1. The minimum Gasteiger partial charge on any atom is -0.477 e. The fraction of sp³-hybridized carbons (Fsp3) is 0.0769. The van der Waals surface area contributed by atoms with Gasteiger partial charge < -0.3 is 10.4 Å². The van der Waals surface area contributed by atoms with E-state index in [9.17, 15) is 9.59 Å². The van der Waals surface area contributed by atoms with E-state index in [0.717, 1.165) is 16.9 Å². The summed E-state index contributed by atoms with van der Waals surface area (Å²) in [6.07, 6.45) is 0. The van der Waals surface area contributed by atoms with Gasteiger partial charge in [0.1, 0.15) is 4.88 Å². The van der Waals surface area contributed by atoms with Crippen LogP contribution < -0.4 is 5.32 Å². The van der Waals surface area contributed by atoms with E-state index in [2.05, 4.69) is 5.32 Å². The third-order valence-corrected chi connectivity index (χ3v) is 3.56. The molecule has 0 saturated heterocycles.